The van der Waals surface area contributed by atoms with Crippen LogP contribution in [0.5, 0.6) is 0 Å². The second kappa shape index (κ2) is 5.53. The lowest BCUT2D eigenvalue weighted by Crippen LogP contribution is -2.30. The van der Waals surface area contributed by atoms with Crippen LogP contribution in [0.4, 0.5) is 0 Å². The van der Waals surface area contributed by atoms with Gasteiger partial charge in [0, 0.05) is 0 Å². The third-order valence-electron chi connectivity index (χ3n) is 1.61. The molecular formula is C8H14O5. The summed E-state index contributed by atoms with van der Waals surface area (Å²) in [6.07, 6.45) is -1.32. The maximum Gasteiger partial charge on any atom is 0.333 e. The average Bonchev–Trinajstić information content (AvgIpc) is 2.02. The number of hydrogen-bond donors (Lipinski definition) is 2. The van der Waals surface area contributed by atoms with Crippen molar-refractivity contribution in [3.8, 4) is 0 Å². The molecule has 5 nitrogen and oxygen atoms in total. The molecule has 13 heavy (non-hydrogen) atoms. The summed E-state index contributed by atoms with van der Waals surface area (Å²) < 4.78 is 4.99. The van der Waals surface area contributed by atoms with Gasteiger partial charge in [-0.05, 0) is 13.3 Å². The molecule has 0 aromatic rings. The Labute approximate surface area is 76.3 Å². The first-order valence-corrected chi connectivity index (χ1v) is 4.07. The van der Waals surface area contributed by atoms with E-state index in [2.05, 4.69) is 0 Å². The number of ether oxygens (including phenoxy) is 1. The zero-order valence-electron chi connectivity index (χ0n) is 7.69. The predicted octanol–water partition coefficient (Wildman–Crippen LogP) is 0.729. The largest absolute Gasteiger partial charge is 0.481 e. The molecule has 2 N–H and O–H groups in total. The van der Waals surface area contributed by atoms with Gasteiger partial charge < -0.3 is 14.9 Å². The van der Waals surface area contributed by atoms with Crippen LogP contribution in [0, 0.1) is 0 Å². The Kier molecular flexibility index (Phi) is 5.06. The van der Waals surface area contributed by atoms with E-state index in [1.54, 1.807) is 6.92 Å². The van der Waals surface area contributed by atoms with Crippen LogP contribution in [0.15, 0.2) is 0 Å². The molecule has 0 spiro atoms. The van der Waals surface area contributed by atoms with Gasteiger partial charge in [0.1, 0.15) is 0 Å². The van der Waals surface area contributed by atoms with E-state index in [-0.39, 0.29) is 6.10 Å². The number of rotatable bonds is 6. The Morgan fingerprint density at radius 3 is 2.23 bits per heavy atom. The van der Waals surface area contributed by atoms with Gasteiger partial charge in [-0.2, -0.15) is 0 Å². The molecule has 0 aromatic carbocycles. The molecule has 0 aromatic heterocycles. The Morgan fingerprint density at radius 2 is 1.92 bits per heavy atom. The Bertz CT molecular complexity index is 189. The zero-order chi connectivity index (χ0) is 10.4. The van der Waals surface area contributed by atoms with E-state index in [0.717, 1.165) is 0 Å². The number of hydrogen-bond acceptors (Lipinski definition) is 3. The van der Waals surface area contributed by atoms with Crippen LogP contribution in [-0.2, 0) is 14.3 Å². The van der Waals surface area contributed by atoms with Crippen LogP contribution >= 0.6 is 0 Å². The second-order valence-electron chi connectivity index (χ2n) is 2.78. The number of carbonyl (C=O) groups is 2. The Balaban J connectivity index is 4.10. The molecule has 0 radical (unpaired) electrons. The lowest BCUT2D eigenvalue weighted by atomic mass is 10.2. The summed E-state index contributed by atoms with van der Waals surface area (Å²) >= 11 is 0. The standard InChI is InChI=1S/C8H14O5/c1-3-5(2)13-6(8(11)12)4-7(9)10/h5-6H,3-4H2,1-2H3,(H,9,10)(H,11,12). The molecule has 2 atom stereocenters. The average molecular weight is 190 g/mol. The van der Waals surface area contributed by atoms with Gasteiger partial charge in [-0.15, -0.1) is 0 Å². The van der Waals surface area contributed by atoms with Crippen LogP contribution in [0.3, 0.4) is 0 Å². The van der Waals surface area contributed by atoms with Crippen molar-refractivity contribution in [3.63, 3.8) is 0 Å². The molecule has 0 amide bonds. The summed E-state index contributed by atoms with van der Waals surface area (Å²) in [5, 5.41) is 17.0. The van der Waals surface area contributed by atoms with Gasteiger partial charge in [0.25, 0.3) is 0 Å². The smallest absolute Gasteiger partial charge is 0.333 e. The molecule has 0 bridgehead atoms. The monoisotopic (exact) mass is 190 g/mol. The highest BCUT2D eigenvalue weighted by atomic mass is 16.5. The zero-order valence-corrected chi connectivity index (χ0v) is 7.69. The van der Waals surface area contributed by atoms with Crippen molar-refractivity contribution in [2.45, 2.75) is 38.9 Å². The van der Waals surface area contributed by atoms with E-state index in [9.17, 15) is 9.59 Å². The molecule has 0 aliphatic carbocycles. The lowest BCUT2D eigenvalue weighted by Gasteiger charge is -2.16. The van der Waals surface area contributed by atoms with Gasteiger partial charge >= 0.3 is 11.9 Å². The molecule has 0 saturated heterocycles. The van der Waals surface area contributed by atoms with E-state index in [0.29, 0.717) is 6.42 Å². The molecule has 0 fully saturated rings. The molecule has 0 rings (SSSR count). The Hall–Kier alpha value is -1.10. The maximum atomic E-state index is 10.5. The highest BCUT2D eigenvalue weighted by Crippen LogP contribution is 2.06. The first kappa shape index (κ1) is 11.9. The number of carboxylic acids is 2. The predicted molar refractivity (Wildman–Crippen MR) is 44.5 cm³/mol. The van der Waals surface area contributed by atoms with Crippen LogP contribution in [0.25, 0.3) is 0 Å². The van der Waals surface area contributed by atoms with Crippen LogP contribution in [0.1, 0.15) is 26.7 Å². The van der Waals surface area contributed by atoms with E-state index in [1.807, 2.05) is 6.92 Å². The summed E-state index contributed by atoms with van der Waals surface area (Å²) in [5.41, 5.74) is 0. The third-order valence-corrected chi connectivity index (χ3v) is 1.61. The summed E-state index contributed by atoms with van der Waals surface area (Å²) in [6.45, 7) is 3.54. The molecule has 0 heterocycles. The fourth-order valence-electron chi connectivity index (χ4n) is 0.729. The van der Waals surface area contributed by atoms with Crippen molar-refractivity contribution in [1.29, 1.82) is 0 Å². The van der Waals surface area contributed by atoms with Crippen LogP contribution in [-0.4, -0.2) is 34.4 Å². The van der Waals surface area contributed by atoms with E-state index >= 15 is 0 Å². The first-order chi connectivity index (χ1) is 5.97. The van der Waals surface area contributed by atoms with Gasteiger partial charge in [-0.1, -0.05) is 6.92 Å². The number of aliphatic carboxylic acids is 2. The van der Waals surface area contributed by atoms with Crippen molar-refractivity contribution in [2.75, 3.05) is 0 Å². The summed E-state index contributed by atoms with van der Waals surface area (Å²) in [6, 6.07) is 0. The van der Waals surface area contributed by atoms with Crippen LogP contribution < -0.4 is 0 Å². The maximum absolute atomic E-state index is 10.5. The van der Waals surface area contributed by atoms with Gasteiger partial charge in [-0.3, -0.25) is 4.79 Å². The SMILES string of the molecule is CCC(C)OC(CC(=O)O)C(=O)O. The third kappa shape index (κ3) is 5.19. The minimum atomic E-state index is -1.24. The molecule has 2 unspecified atom stereocenters. The van der Waals surface area contributed by atoms with Crippen molar-refractivity contribution < 1.29 is 24.5 Å². The highest BCUT2D eigenvalue weighted by Gasteiger charge is 2.23. The first-order valence-electron chi connectivity index (χ1n) is 4.07. The molecule has 0 aliphatic heterocycles. The molecular weight excluding hydrogens is 176 g/mol. The van der Waals surface area contributed by atoms with Gasteiger partial charge in [0.15, 0.2) is 6.10 Å². The number of carboxylic acid groups (broad SMARTS) is 2. The summed E-state index contributed by atoms with van der Waals surface area (Å²) in [4.78, 5) is 20.7. The van der Waals surface area contributed by atoms with Gasteiger partial charge in [0.2, 0.25) is 0 Å². The van der Waals surface area contributed by atoms with Crippen molar-refractivity contribution in [3.05, 3.63) is 0 Å². The summed E-state index contributed by atoms with van der Waals surface area (Å²) in [5.74, 6) is -2.40. The van der Waals surface area contributed by atoms with Crippen molar-refractivity contribution in [1.82, 2.24) is 0 Å². The lowest BCUT2D eigenvalue weighted by molar-refractivity contribution is -0.160. The Morgan fingerprint density at radius 1 is 1.38 bits per heavy atom. The minimum absolute atomic E-state index is 0.236. The van der Waals surface area contributed by atoms with Crippen molar-refractivity contribution in [2.24, 2.45) is 0 Å². The van der Waals surface area contributed by atoms with Gasteiger partial charge in [0.05, 0.1) is 12.5 Å². The molecule has 0 aliphatic rings. The van der Waals surface area contributed by atoms with Crippen LogP contribution in [0.2, 0.25) is 0 Å². The second-order valence-corrected chi connectivity index (χ2v) is 2.78. The highest BCUT2D eigenvalue weighted by molar-refractivity contribution is 5.79. The molecule has 0 saturated carbocycles. The minimum Gasteiger partial charge on any atom is -0.481 e. The van der Waals surface area contributed by atoms with Gasteiger partial charge in [-0.25, -0.2) is 4.79 Å². The van der Waals surface area contributed by atoms with Crippen molar-refractivity contribution >= 4 is 11.9 Å². The van der Waals surface area contributed by atoms with E-state index in [1.165, 1.54) is 0 Å². The normalized spacial score (nSPS) is 14.9. The summed E-state index contributed by atoms with van der Waals surface area (Å²) in [7, 11) is 0. The topological polar surface area (TPSA) is 83.8 Å². The fourth-order valence-corrected chi connectivity index (χ4v) is 0.729. The molecule has 5 heteroatoms. The fraction of sp³-hybridized carbons (Fsp3) is 0.750. The van der Waals surface area contributed by atoms with E-state index in [4.69, 9.17) is 14.9 Å². The quantitative estimate of drug-likeness (QED) is 0.645. The van der Waals surface area contributed by atoms with E-state index < -0.39 is 24.5 Å². The molecule has 76 valence electrons.